The van der Waals surface area contributed by atoms with Crippen molar-refractivity contribution in [2.75, 3.05) is 13.6 Å². The molecule has 18 heavy (non-hydrogen) atoms. The maximum absolute atomic E-state index is 11.5. The van der Waals surface area contributed by atoms with Crippen LogP contribution in [0.15, 0.2) is 17.1 Å². The van der Waals surface area contributed by atoms with Crippen LogP contribution in [0.3, 0.4) is 0 Å². The number of nitrogens with zero attached hydrogens (tertiary/aromatic N) is 1. The summed E-state index contributed by atoms with van der Waals surface area (Å²) in [5, 5.41) is 4.90. The maximum Gasteiger partial charge on any atom is 0.408 e. The number of nitrogens with one attached hydrogen (secondary N) is 2. The molecule has 2 amide bonds. The minimum absolute atomic E-state index is 0.161. The first-order valence-electron chi connectivity index (χ1n) is 5.64. The Hall–Kier alpha value is -1.85. The average molecular weight is 255 g/mol. The van der Waals surface area contributed by atoms with Gasteiger partial charge in [0.1, 0.15) is 18.0 Å². The van der Waals surface area contributed by atoms with Crippen molar-refractivity contribution in [3.05, 3.63) is 12.2 Å². The lowest BCUT2D eigenvalue weighted by atomic mass is 10.2. The zero-order valence-electron chi connectivity index (χ0n) is 11.5. The number of amidine groups is 1. The van der Waals surface area contributed by atoms with Gasteiger partial charge in [-0.2, -0.15) is 0 Å². The topological polar surface area (TPSA) is 79.8 Å². The van der Waals surface area contributed by atoms with E-state index in [1.54, 1.807) is 40.0 Å². The van der Waals surface area contributed by atoms with Gasteiger partial charge in [0.05, 0.1) is 0 Å². The van der Waals surface area contributed by atoms with Gasteiger partial charge in [0.2, 0.25) is 5.91 Å². The fraction of sp³-hybridized carbons (Fsp3) is 0.583. The van der Waals surface area contributed by atoms with Crippen LogP contribution in [-0.4, -0.2) is 37.0 Å². The third-order valence-electron chi connectivity index (χ3n) is 1.63. The molecule has 2 N–H and O–H groups in total. The van der Waals surface area contributed by atoms with Gasteiger partial charge in [0.25, 0.3) is 0 Å². The lowest BCUT2D eigenvalue weighted by Gasteiger charge is -2.19. The van der Waals surface area contributed by atoms with Gasteiger partial charge in [-0.1, -0.05) is 6.08 Å². The highest BCUT2D eigenvalue weighted by molar-refractivity contribution is 6.05. The van der Waals surface area contributed by atoms with Crippen LogP contribution < -0.4 is 10.6 Å². The van der Waals surface area contributed by atoms with E-state index in [1.165, 1.54) is 0 Å². The molecular formula is C12H21N3O3. The lowest BCUT2D eigenvalue weighted by molar-refractivity contribution is -0.118. The summed E-state index contributed by atoms with van der Waals surface area (Å²) >= 11 is 0. The second kappa shape index (κ2) is 7.47. The third kappa shape index (κ3) is 8.32. The molecule has 0 aromatic carbocycles. The van der Waals surface area contributed by atoms with Crippen LogP contribution in [0.25, 0.3) is 0 Å². The summed E-state index contributed by atoms with van der Waals surface area (Å²) in [6, 6.07) is 0. The predicted octanol–water partition coefficient (Wildman–Crippen LogP) is 1.23. The second-order valence-corrected chi connectivity index (χ2v) is 4.51. The Kier molecular flexibility index (Phi) is 6.70. The van der Waals surface area contributed by atoms with E-state index in [9.17, 15) is 9.59 Å². The van der Waals surface area contributed by atoms with Crippen molar-refractivity contribution in [1.82, 2.24) is 10.6 Å². The molecule has 0 rings (SSSR count). The summed E-state index contributed by atoms with van der Waals surface area (Å²) in [6.07, 6.45) is 2.79. The van der Waals surface area contributed by atoms with Crippen molar-refractivity contribution in [2.24, 2.45) is 4.99 Å². The van der Waals surface area contributed by atoms with Gasteiger partial charge >= 0.3 is 6.09 Å². The van der Waals surface area contributed by atoms with E-state index in [0.29, 0.717) is 5.84 Å². The van der Waals surface area contributed by atoms with Gasteiger partial charge < -0.3 is 15.4 Å². The van der Waals surface area contributed by atoms with E-state index in [-0.39, 0.29) is 12.5 Å². The quantitative estimate of drug-likeness (QED) is 0.588. The Morgan fingerprint density at radius 3 is 2.39 bits per heavy atom. The van der Waals surface area contributed by atoms with E-state index in [1.807, 2.05) is 6.92 Å². The fourth-order valence-corrected chi connectivity index (χ4v) is 0.984. The first-order valence-corrected chi connectivity index (χ1v) is 5.64. The minimum Gasteiger partial charge on any atom is -0.444 e. The molecule has 0 aliphatic heterocycles. The van der Waals surface area contributed by atoms with E-state index in [4.69, 9.17) is 4.74 Å². The minimum atomic E-state index is -0.626. The van der Waals surface area contributed by atoms with Gasteiger partial charge in [-0.25, -0.2) is 4.79 Å². The smallest absolute Gasteiger partial charge is 0.408 e. The SMILES string of the molecule is C/C=C\C(=NC)NC(=O)CNC(=O)OC(C)(C)C. The number of hydrogen-bond acceptors (Lipinski definition) is 4. The van der Waals surface area contributed by atoms with Crippen molar-refractivity contribution in [3.8, 4) is 0 Å². The summed E-state index contributed by atoms with van der Waals surface area (Å²) < 4.78 is 4.99. The number of aliphatic imine (C=N–C) groups is 1. The molecule has 0 aromatic heterocycles. The molecule has 0 atom stereocenters. The molecule has 6 nitrogen and oxygen atoms in total. The average Bonchev–Trinajstić information content (AvgIpc) is 2.23. The summed E-state index contributed by atoms with van der Waals surface area (Å²) in [5.74, 6) is 0.0769. The van der Waals surface area contributed by atoms with Crippen LogP contribution in [0, 0.1) is 0 Å². The standard InChI is InChI=1S/C12H21N3O3/c1-6-7-9(13-5)15-10(16)8-14-11(17)18-12(2,3)4/h6-7H,8H2,1-5H3,(H,14,17)(H,13,15,16)/b7-6-. The Bertz CT molecular complexity index is 354. The molecule has 0 aliphatic rings. The molecule has 0 spiro atoms. The first-order chi connectivity index (χ1) is 8.28. The Labute approximate surface area is 107 Å². The predicted molar refractivity (Wildman–Crippen MR) is 70.6 cm³/mol. The lowest BCUT2D eigenvalue weighted by Crippen LogP contribution is -2.41. The molecule has 6 heteroatoms. The van der Waals surface area contributed by atoms with Crippen molar-refractivity contribution in [2.45, 2.75) is 33.3 Å². The highest BCUT2D eigenvalue weighted by atomic mass is 16.6. The first kappa shape index (κ1) is 16.1. The number of rotatable bonds is 3. The zero-order chi connectivity index (χ0) is 14.2. The molecular weight excluding hydrogens is 234 g/mol. The van der Waals surface area contributed by atoms with E-state index in [2.05, 4.69) is 15.6 Å². The third-order valence-corrected chi connectivity index (χ3v) is 1.63. The molecule has 0 radical (unpaired) electrons. The number of amides is 2. The molecule has 0 unspecified atom stereocenters. The van der Waals surface area contributed by atoms with Crippen molar-refractivity contribution in [1.29, 1.82) is 0 Å². The molecule has 0 saturated heterocycles. The van der Waals surface area contributed by atoms with Crippen LogP contribution in [0.1, 0.15) is 27.7 Å². The number of alkyl carbamates (subject to hydrolysis) is 1. The molecule has 0 saturated carbocycles. The molecule has 0 aromatic rings. The zero-order valence-corrected chi connectivity index (χ0v) is 11.5. The van der Waals surface area contributed by atoms with Crippen LogP contribution >= 0.6 is 0 Å². The van der Waals surface area contributed by atoms with Crippen molar-refractivity contribution < 1.29 is 14.3 Å². The molecule has 0 aliphatic carbocycles. The van der Waals surface area contributed by atoms with E-state index >= 15 is 0 Å². The van der Waals surface area contributed by atoms with Gasteiger partial charge in [0.15, 0.2) is 0 Å². The van der Waals surface area contributed by atoms with Gasteiger partial charge in [-0.15, -0.1) is 0 Å². The molecule has 0 bridgehead atoms. The van der Waals surface area contributed by atoms with Crippen LogP contribution in [0.2, 0.25) is 0 Å². The number of carbonyl (C=O) groups is 2. The van der Waals surface area contributed by atoms with Gasteiger partial charge in [-0.3, -0.25) is 9.79 Å². The van der Waals surface area contributed by atoms with Crippen LogP contribution in [0.4, 0.5) is 4.79 Å². The summed E-state index contributed by atoms with van der Waals surface area (Å²) in [7, 11) is 1.57. The highest BCUT2D eigenvalue weighted by Gasteiger charge is 2.16. The van der Waals surface area contributed by atoms with E-state index < -0.39 is 11.7 Å². The molecule has 0 fully saturated rings. The maximum atomic E-state index is 11.5. The number of carbonyl (C=O) groups excluding carboxylic acids is 2. The normalized spacial score (nSPS) is 12.4. The summed E-state index contributed by atoms with van der Waals surface area (Å²) in [6.45, 7) is 6.91. The molecule has 102 valence electrons. The van der Waals surface area contributed by atoms with Gasteiger partial charge in [0, 0.05) is 7.05 Å². The fourth-order valence-electron chi connectivity index (χ4n) is 0.984. The summed E-state index contributed by atoms with van der Waals surface area (Å²) in [4.78, 5) is 26.6. The number of ether oxygens (including phenoxy) is 1. The largest absolute Gasteiger partial charge is 0.444 e. The van der Waals surface area contributed by atoms with E-state index in [0.717, 1.165) is 0 Å². The van der Waals surface area contributed by atoms with Crippen LogP contribution in [0.5, 0.6) is 0 Å². The van der Waals surface area contributed by atoms with Gasteiger partial charge in [-0.05, 0) is 33.8 Å². The number of hydrogen-bond donors (Lipinski definition) is 2. The van der Waals surface area contributed by atoms with Crippen molar-refractivity contribution >= 4 is 17.8 Å². The monoisotopic (exact) mass is 255 g/mol. The van der Waals surface area contributed by atoms with Crippen molar-refractivity contribution in [3.63, 3.8) is 0 Å². The Balaban J connectivity index is 4.08. The highest BCUT2D eigenvalue weighted by Crippen LogP contribution is 2.05. The number of allylic oxidation sites excluding steroid dienone is 1. The Morgan fingerprint density at radius 2 is 1.94 bits per heavy atom. The van der Waals surface area contributed by atoms with Crippen LogP contribution in [-0.2, 0) is 9.53 Å². The Morgan fingerprint density at radius 1 is 1.33 bits per heavy atom. The second-order valence-electron chi connectivity index (χ2n) is 4.51. The molecule has 0 heterocycles. The summed E-state index contributed by atoms with van der Waals surface area (Å²) in [5.41, 5.74) is -0.582.